The summed E-state index contributed by atoms with van der Waals surface area (Å²) in [5.41, 5.74) is 2.13. The Morgan fingerprint density at radius 1 is 1.40 bits per heavy atom. The van der Waals surface area contributed by atoms with Crippen molar-refractivity contribution < 1.29 is 4.79 Å². The highest BCUT2D eigenvalue weighted by atomic mass is 35.5. The topological polar surface area (TPSA) is 59.8 Å². The number of carbonyl (C=O) groups is 1. The lowest BCUT2D eigenvalue weighted by Crippen LogP contribution is -2.27. The molecular formula is C13H14Cl2N4O. The number of rotatable bonds is 3. The van der Waals surface area contributed by atoms with E-state index in [4.69, 9.17) is 23.2 Å². The predicted octanol–water partition coefficient (Wildman–Crippen LogP) is 2.92. The quantitative estimate of drug-likeness (QED) is 0.886. The maximum Gasteiger partial charge on any atom is 0.254 e. The van der Waals surface area contributed by atoms with Crippen molar-refractivity contribution in [2.45, 2.75) is 19.9 Å². The first-order chi connectivity index (χ1) is 9.38. The van der Waals surface area contributed by atoms with E-state index in [1.54, 1.807) is 10.7 Å². The van der Waals surface area contributed by atoms with Gasteiger partial charge in [-0.3, -0.25) is 9.48 Å². The summed E-state index contributed by atoms with van der Waals surface area (Å²) in [7, 11) is 1.84. The van der Waals surface area contributed by atoms with Crippen LogP contribution in [-0.2, 0) is 7.05 Å². The molecule has 1 atom stereocenters. The first kappa shape index (κ1) is 14.8. The molecule has 0 saturated carbocycles. The average Bonchev–Trinajstić information content (AvgIpc) is 2.68. The Labute approximate surface area is 126 Å². The largest absolute Gasteiger partial charge is 0.345 e. The van der Waals surface area contributed by atoms with Crippen LogP contribution in [0.2, 0.25) is 10.3 Å². The van der Waals surface area contributed by atoms with Crippen LogP contribution in [-0.4, -0.2) is 20.7 Å². The SMILES string of the molecule is Cc1nn(C)cc1[C@@H](C)NC(=O)c1ccc(Cl)nc1Cl. The van der Waals surface area contributed by atoms with Gasteiger partial charge in [-0.15, -0.1) is 0 Å². The molecule has 2 rings (SSSR count). The van der Waals surface area contributed by atoms with Gasteiger partial charge in [-0.2, -0.15) is 5.10 Å². The standard InChI is InChI=1S/C13H14Cl2N4O/c1-7(10-6-19(3)18-8(10)2)16-13(20)9-4-5-11(14)17-12(9)15/h4-7H,1-3H3,(H,16,20)/t7-/m1/s1. The Balaban J connectivity index is 2.17. The van der Waals surface area contributed by atoms with Gasteiger partial charge >= 0.3 is 0 Å². The second-order valence-electron chi connectivity index (χ2n) is 4.51. The van der Waals surface area contributed by atoms with Gasteiger partial charge in [0, 0.05) is 18.8 Å². The second kappa shape index (κ2) is 5.81. The summed E-state index contributed by atoms with van der Waals surface area (Å²) in [5, 5.41) is 7.46. The van der Waals surface area contributed by atoms with Crippen LogP contribution in [0.5, 0.6) is 0 Å². The number of hydrogen-bond acceptors (Lipinski definition) is 3. The first-order valence-corrected chi connectivity index (χ1v) is 6.77. The minimum atomic E-state index is -0.296. The molecule has 20 heavy (non-hydrogen) atoms. The molecule has 0 aliphatic carbocycles. The maximum atomic E-state index is 12.2. The Hall–Kier alpha value is -1.59. The van der Waals surface area contributed by atoms with Crippen LogP contribution in [0.3, 0.4) is 0 Å². The highest BCUT2D eigenvalue weighted by molar-refractivity contribution is 6.34. The third kappa shape index (κ3) is 3.11. The van der Waals surface area contributed by atoms with E-state index in [1.807, 2.05) is 27.1 Å². The lowest BCUT2D eigenvalue weighted by atomic mass is 10.1. The molecule has 0 unspecified atom stereocenters. The Morgan fingerprint density at radius 2 is 2.10 bits per heavy atom. The van der Waals surface area contributed by atoms with Gasteiger partial charge in [0.15, 0.2) is 0 Å². The van der Waals surface area contributed by atoms with E-state index in [0.29, 0.717) is 5.56 Å². The van der Waals surface area contributed by atoms with Gasteiger partial charge in [-0.1, -0.05) is 23.2 Å². The average molecular weight is 313 g/mol. The second-order valence-corrected chi connectivity index (χ2v) is 5.26. The van der Waals surface area contributed by atoms with E-state index >= 15 is 0 Å². The van der Waals surface area contributed by atoms with Gasteiger partial charge in [0.05, 0.1) is 17.3 Å². The zero-order chi connectivity index (χ0) is 14.9. The summed E-state index contributed by atoms with van der Waals surface area (Å²) in [5.74, 6) is -0.296. The number of aromatic nitrogens is 3. The summed E-state index contributed by atoms with van der Waals surface area (Å²) in [6.07, 6.45) is 1.88. The van der Waals surface area contributed by atoms with Gasteiger partial charge in [-0.05, 0) is 26.0 Å². The smallest absolute Gasteiger partial charge is 0.254 e. The molecule has 0 saturated heterocycles. The fourth-order valence-corrected chi connectivity index (χ4v) is 2.41. The number of nitrogens with zero attached hydrogens (tertiary/aromatic N) is 3. The van der Waals surface area contributed by atoms with Crippen molar-refractivity contribution in [2.75, 3.05) is 0 Å². The molecule has 1 N–H and O–H groups in total. The first-order valence-electron chi connectivity index (χ1n) is 6.01. The molecule has 2 aromatic heterocycles. The van der Waals surface area contributed by atoms with Crippen molar-refractivity contribution in [1.82, 2.24) is 20.1 Å². The van der Waals surface area contributed by atoms with Crippen LogP contribution >= 0.6 is 23.2 Å². The molecule has 2 heterocycles. The molecule has 1 amide bonds. The maximum absolute atomic E-state index is 12.2. The van der Waals surface area contributed by atoms with E-state index in [1.165, 1.54) is 6.07 Å². The molecule has 0 spiro atoms. The number of nitrogens with one attached hydrogen (secondary N) is 1. The van der Waals surface area contributed by atoms with E-state index in [2.05, 4.69) is 15.4 Å². The third-order valence-electron chi connectivity index (χ3n) is 2.92. The molecule has 0 aromatic carbocycles. The summed E-state index contributed by atoms with van der Waals surface area (Å²) >= 11 is 11.6. The number of aryl methyl sites for hydroxylation is 2. The zero-order valence-electron chi connectivity index (χ0n) is 11.3. The van der Waals surface area contributed by atoms with E-state index in [0.717, 1.165) is 11.3 Å². The van der Waals surface area contributed by atoms with Gasteiger partial charge < -0.3 is 5.32 Å². The van der Waals surface area contributed by atoms with Crippen molar-refractivity contribution in [2.24, 2.45) is 7.05 Å². The highest BCUT2D eigenvalue weighted by Gasteiger charge is 2.17. The van der Waals surface area contributed by atoms with Gasteiger partial charge in [0.1, 0.15) is 10.3 Å². The number of halogens is 2. The van der Waals surface area contributed by atoms with Gasteiger partial charge in [-0.25, -0.2) is 4.98 Å². The molecule has 5 nitrogen and oxygen atoms in total. The Morgan fingerprint density at radius 3 is 2.65 bits per heavy atom. The molecule has 0 fully saturated rings. The number of pyridine rings is 1. The Bertz CT molecular complexity index is 654. The van der Waals surface area contributed by atoms with Crippen molar-refractivity contribution in [3.05, 3.63) is 45.5 Å². The molecular weight excluding hydrogens is 299 g/mol. The lowest BCUT2D eigenvalue weighted by molar-refractivity contribution is 0.0939. The normalized spacial score (nSPS) is 12.2. The van der Waals surface area contributed by atoms with Crippen LogP contribution in [0, 0.1) is 6.92 Å². The molecule has 7 heteroatoms. The Kier molecular flexibility index (Phi) is 4.30. The summed E-state index contributed by atoms with van der Waals surface area (Å²) in [6.45, 7) is 3.79. The summed E-state index contributed by atoms with van der Waals surface area (Å²) < 4.78 is 1.71. The van der Waals surface area contributed by atoms with Crippen LogP contribution in [0.1, 0.15) is 34.6 Å². The van der Waals surface area contributed by atoms with Gasteiger partial charge in [0.2, 0.25) is 0 Å². The number of hydrogen-bond donors (Lipinski definition) is 1. The number of carbonyl (C=O) groups excluding carboxylic acids is 1. The molecule has 106 valence electrons. The fourth-order valence-electron chi connectivity index (χ4n) is 1.98. The molecule has 0 radical (unpaired) electrons. The third-order valence-corrected chi connectivity index (χ3v) is 3.42. The molecule has 0 aliphatic rings. The van der Waals surface area contributed by atoms with Crippen molar-refractivity contribution in [3.8, 4) is 0 Å². The van der Waals surface area contributed by atoms with Crippen LogP contribution in [0.4, 0.5) is 0 Å². The van der Waals surface area contributed by atoms with E-state index < -0.39 is 0 Å². The monoisotopic (exact) mass is 312 g/mol. The zero-order valence-corrected chi connectivity index (χ0v) is 12.8. The summed E-state index contributed by atoms with van der Waals surface area (Å²) in [6, 6.07) is 2.90. The van der Waals surface area contributed by atoms with E-state index in [-0.39, 0.29) is 22.3 Å². The summed E-state index contributed by atoms with van der Waals surface area (Å²) in [4.78, 5) is 16.0. The van der Waals surface area contributed by atoms with E-state index in [9.17, 15) is 4.79 Å². The minimum Gasteiger partial charge on any atom is -0.345 e. The van der Waals surface area contributed by atoms with Crippen molar-refractivity contribution in [3.63, 3.8) is 0 Å². The molecule has 0 aliphatic heterocycles. The fraction of sp³-hybridized carbons (Fsp3) is 0.308. The minimum absolute atomic E-state index is 0.0881. The van der Waals surface area contributed by atoms with Crippen LogP contribution in [0.15, 0.2) is 18.3 Å². The van der Waals surface area contributed by atoms with Gasteiger partial charge in [0.25, 0.3) is 5.91 Å². The predicted molar refractivity (Wildman–Crippen MR) is 78.1 cm³/mol. The van der Waals surface area contributed by atoms with Crippen molar-refractivity contribution in [1.29, 1.82) is 0 Å². The number of amides is 1. The van der Waals surface area contributed by atoms with Crippen LogP contribution in [0.25, 0.3) is 0 Å². The lowest BCUT2D eigenvalue weighted by Gasteiger charge is -2.13. The van der Waals surface area contributed by atoms with Crippen molar-refractivity contribution >= 4 is 29.1 Å². The molecule has 0 bridgehead atoms. The highest BCUT2D eigenvalue weighted by Crippen LogP contribution is 2.19. The van der Waals surface area contributed by atoms with Crippen LogP contribution < -0.4 is 5.32 Å². The molecule has 2 aromatic rings.